The zero-order valence-electron chi connectivity index (χ0n) is 9.39. The molecule has 82 valence electrons. The lowest BCUT2D eigenvalue weighted by Crippen LogP contribution is -2.54. The fourth-order valence-electron chi connectivity index (χ4n) is 1.44. The van der Waals surface area contributed by atoms with E-state index in [-0.39, 0.29) is 17.6 Å². The van der Waals surface area contributed by atoms with Gasteiger partial charge in [-0.15, -0.1) is 0 Å². The normalized spacial score (nSPS) is 26.6. The molecule has 1 aliphatic rings. The van der Waals surface area contributed by atoms with E-state index in [1.165, 1.54) is 0 Å². The lowest BCUT2D eigenvalue weighted by atomic mass is 9.89. The molecular formula is C10H20N2O2. The quantitative estimate of drug-likeness (QED) is 0.705. The molecule has 1 rings (SSSR count). The first-order valence-electron chi connectivity index (χ1n) is 5.02. The summed E-state index contributed by atoms with van der Waals surface area (Å²) in [7, 11) is 1.70. The summed E-state index contributed by atoms with van der Waals surface area (Å²) in [6, 6.07) is 0.194. The van der Waals surface area contributed by atoms with E-state index in [0.717, 1.165) is 12.8 Å². The molecule has 4 heteroatoms. The number of carbonyl (C=O) groups excluding carboxylic acids is 1. The van der Waals surface area contributed by atoms with Gasteiger partial charge in [0.05, 0.1) is 6.10 Å². The standard InChI is InChI=1S/C10H20N2O2/c1-10(2,3)12-9(13)11-7-5-8(6-7)14-4/h7-8H,5-6H2,1-4H3,(H2,11,12,13). The van der Waals surface area contributed by atoms with E-state index in [1.807, 2.05) is 20.8 Å². The van der Waals surface area contributed by atoms with Gasteiger partial charge in [0.1, 0.15) is 0 Å². The molecule has 0 radical (unpaired) electrons. The zero-order chi connectivity index (χ0) is 10.8. The molecule has 0 atom stereocenters. The SMILES string of the molecule is COC1CC(NC(=O)NC(C)(C)C)C1. The summed E-state index contributed by atoms with van der Waals surface area (Å²) in [5.74, 6) is 0. The highest BCUT2D eigenvalue weighted by atomic mass is 16.5. The van der Waals surface area contributed by atoms with Crippen LogP contribution in [0.3, 0.4) is 0 Å². The molecule has 14 heavy (non-hydrogen) atoms. The van der Waals surface area contributed by atoms with Gasteiger partial charge in [-0.1, -0.05) is 0 Å². The van der Waals surface area contributed by atoms with Crippen LogP contribution < -0.4 is 10.6 Å². The Morgan fingerprint density at radius 1 is 1.36 bits per heavy atom. The lowest BCUT2D eigenvalue weighted by Gasteiger charge is -2.35. The van der Waals surface area contributed by atoms with E-state index < -0.39 is 0 Å². The van der Waals surface area contributed by atoms with Gasteiger partial charge in [-0.25, -0.2) is 4.79 Å². The average Bonchev–Trinajstić information content (AvgIpc) is 1.91. The average molecular weight is 200 g/mol. The Labute approximate surface area is 85.4 Å². The van der Waals surface area contributed by atoms with E-state index in [2.05, 4.69) is 10.6 Å². The van der Waals surface area contributed by atoms with Crippen LogP contribution in [0.5, 0.6) is 0 Å². The Balaban J connectivity index is 2.17. The maximum atomic E-state index is 11.4. The highest BCUT2D eigenvalue weighted by Gasteiger charge is 2.30. The Hall–Kier alpha value is -0.770. The summed E-state index contributed by atoms with van der Waals surface area (Å²) in [4.78, 5) is 11.4. The molecule has 0 aliphatic heterocycles. The zero-order valence-corrected chi connectivity index (χ0v) is 9.39. The number of urea groups is 1. The van der Waals surface area contributed by atoms with Gasteiger partial charge in [0.25, 0.3) is 0 Å². The van der Waals surface area contributed by atoms with E-state index >= 15 is 0 Å². The number of hydrogen-bond donors (Lipinski definition) is 2. The van der Waals surface area contributed by atoms with Gasteiger partial charge < -0.3 is 15.4 Å². The van der Waals surface area contributed by atoms with Crippen molar-refractivity contribution in [3.05, 3.63) is 0 Å². The highest BCUT2D eigenvalue weighted by molar-refractivity contribution is 5.75. The number of nitrogens with one attached hydrogen (secondary N) is 2. The summed E-state index contributed by atoms with van der Waals surface area (Å²) in [5.41, 5.74) is -0.172. The van der Waals surface area contributed by atoms with Gasteiger partial charge in [-0.05, 0) is 33.6 Å². The third-order valence-corrected chi connectivity index (χ3v) is 2.25. The molecule has 1 saturated carbocycles. The number of hydrogen-bond acceptors (Lipinski definition) is 2. The molecule has 2 amide bonds. The van der Waals surface area contributed by atoms with Crippen molar-refractivity contribution in [1.82, 2.24) is 10.6 Å². The van der Waals surface area contributed by atoms with Crippen LogP contribution in [0.2, 0.25) is 0 Å². The number of carbonyl (C=O) groups is 1. The second-order valence-electron chi connectivity index (χ2n) is 4.87. The predicted molar refractivity (Wildman–Crippen MR) is 55.2 cm³/mol. The summed E-state index contributed by atoms with van der Waals surface area (Å²) in [6.07, 6.45) is 2.18. The van der Waals surface area contributed by atoms with Gasteiger partial charge in [0, 0.05) is 18.7 Å². The van der Waals surface area contributed by atoms with Crippen LogP contribution >= 0.6 is 0 Å². The number of rotatable bonds is 2. The van der Waals surface area contributed by atoms with Crippen LogP contribution in [0.1, 0.15) is 33.6 Å². The van der Waals surface area contributed by atoms with Gasteiger partial charge in [0.15, 0.2) is 0 Å². The van der Waals surface area contributed by atoms with Crippen LogP contribution in [0.4, 0.5) is 4.79 Å². The van der Waals surface area contributed by atoms with Crippen molar-refractivity contribution in [3.8, 4) is 0 Å². The molecule has 0 aromatic rings. The van der Waals surface area contributed by atoms with Gasteiger partial charge in [-0.2, -0.15) is 0 Å². The second kappa shape index (κ2) is 4.17. The van der Waals surface area contributed by atoms with Crippen LogP contribution in [0.25, 0.3) is 0 Å². The lowest BCUT2D eigenvalue weighted by molar-refractivity contribution is 0.0204. The maximum absolute atomic E-state index is 11.4. The first-order valence-corrected chi connectivity index (χ1v) is 5.02. The maximum Gasteiger partial charge on any atom is 0.315 e. The molecule has 1 aliphatic carbocycles. The number of ether oxygens (including phenoxy) is 1. The molecule has 0 aromatic heterocycles. The molecule has 2 N–H and O–H groups in total. The largest absolute Gasteiger partial charge is 0.381 e. The minimum Gasteiger partial charge on any atom is -0.381 e. The van der Waals surface area contributed by atoms with Crippen molar-refractivity contribution in [3.63, 3.8) is 0 Å². The molecule has 0 spiro atoms. The molecule has 4 nitrogen and oxygen atoms in total. The Morgan fingerprint density at radius 2 is 1.93 bits per heavy atom. The van der Waals surface area contributed by atoms with E-state index in [4.69, 9.17) is 4.74 Å². The van der Waals surface area contributed by atoms with Crippen molar-refractivity contribution in [1.29, 1.82) is 0 Å². The van der Waals surface area contributed by atoms with E-state index in [1.54, 1.807) is 7.11 Å². The summed E-state index contributed by atoms with van der Waals surface area (Å²) < 4.78 is 5.13. The van der Waals surface area contributed by atoms with Crippen molar-refractivity contribution >= 4 is 6.03 Å². The van der Waals surface area contributed by atoms with Gasteiger partial charge in [-0.3, -0.25) is 0 Å². The smallest absolute Gasteiger partial charge is 0.315 e. The van der Waals surface area contributed by atoms with Gasteiger partial charge >= 0.3 is 6.03 Å². The van der Waals surface area contributed by atoms with E-state index in [9.17, 15) is 4.79 Å². The molecule has 1 fully saturated rings. The molecule has 0 heterocycles. The Bertz CT molecular complexity index is 205. The third kappa shape index (κ3) is 3.54. The number of amides is 2. The van der Waals surface area contributed by atoms with Crippen LogP contribution in [0, 0.1) is 0 Å². The van der Waals surface area contributed by atoms with E-state index in [0.29, 0.717) is 6.10 Å². The fourth-order valence-corrected chi connectivity index (χ4v) is 1.44. The highest BCUT2D eigenvalue weighted by Crippen LogP contribution is 2.22. The number of methoxy groups -OCH3 is 1. The fraction of sp³-hybridized carbons (Fsp3) is 0.900. The van der Waals surface area contributed by atoms with Crippen LogP contribution in [-0.2, 0) is 4.74 Å². The van der Waals surface area contributed by atoms with Crippen molar-refractivity contribution in [2.45, 2.75) is 51.3 Å². The van der Waals surface area contributed by atoms with Crippen LogP contribution in [0.15, 0.2) is 0 Å². The second-order valence-corrected chi connectivity index (χ2v) is 4.87. The molecule has 0 saturated heterocycles. The Morgan fingerprint density at radius 3 is 2.36 bits per heavy atom. The van der Waals surface area contributed by atoms with Gasteiger partial charge in [0.2, 0.25) is 0 Å². The van der Waals surface area contributed by atoms with Crippen molar-refractivity contribution in [2.75, 3.05) is 7.11 Å². The van der Waals surface area contributed by atoms with Crippen LogP contribution in [-0.4, -0.2) is 30.8 Å². The summed E-state index contributed by atoms with van der Waals surface area (Å²) in [5, 5.41) is 5.77. The summed E-state index contributed by atoms with van der Waals surface area (Å²) in [6.45, 7) is 5.89. The van der Waals surface area contributed by atoms with Crippen molar-refractivity contribution in [2.24, 2.45) is 0 Å². The Kier molecular flexibility index (Phi) is 3.37. The third-order valence-electron chi connectivity index (χ3n) is 2.25. The first kappa shape index (κ1) is 11.3. The van der Waals surface area contributed by atoms with Crippen molar-refractivity contribution < 1.29 is 9.53 Å². The molecule has 0 aromatic carbocycles. The minimum atomic E-state index is -0.172. The molecule has 0 unspecified atom stereocenters. The predicted octanol–water partition coefficient (Wildman–Crippen LogP) is 1.26. The topological polar surface area (TPSA) is 50.4 Å². The molecular weight excluding hydrogens is 180 g/mol. The summed E-state index contributed by atoms with van der Waals surface area (Å²) >= 11 is 0. The molecule has 0 bridgehead atoms. The minimum absolute atomic E-state index is 0.0861. The first-order chi connectivity index (χ1) is 6.40. The monoisotopic (exact) mass is 200 g/mol.